The van der Waals surface area contributed by atoms with Gasteiger partial charge in [0.1, 0.15) is 12.1 Å². The van der Waals surface area contributed by atoms with Crippen LogP contribution in [-0.2, 0) is 0 Å². The molecule has 12 aromatic rings. The second-order valence-electron chi connectivity index (χ2n) is 17.3. The minimum Gasteiger partial charge on any atom is -0.308 e. The van der Waals surface area contributed by atoms with Crippen LogP contribution in [0.5, 0.6) is 0 Å². The Bertz CT molecular complexity index is 3780. The van der Waals surface area contributed by atoms with E-state index in [4.69, 9.17) is 0 Å². The number of nitrogens with zero attached hydrogens (tertiary/aromatic N) is 6. The first-order valence-corrected chi connectivity index (χ1v) is 22.9. The van der Waals surface area contributed by atoms with E-state index in [1.807, 2.05) is 84.9 Å². The molecule has 2 aromatic heterocycles. The van der Waals surface area contributed by atoms with Crippen LogP contribution in [0.15, 0.2) is 218 Å². The molecule has 0 spiro atoms. The molecular weight excluding hydrogens is 853 g/mol. The second kappa shape index (κ2) is 16.9. The van der Waals surface area contributed by atoms with Crippen LogP contribution in [0.3, 0.4) is 0 Å². The highest BCUT2D eigenvalue weighted by molar-refractivity contribution is 6.13. The summed E-state index contributed by atoms with van der Waals surface area (Å²) < 4.78 is 4.24. The van der Waals surface area contributed by atoms with Gasteiger partial charge in [-0.25, -0.2) is 0 Å². The Morgan fingerprint density at radius 1 is 0.243 bits per heavy atom. The van der Waals surface area contributed by atoms with Gasteiger partial charge in [0.05, 0.1) is 67.8 Å². The summed E-state index contributed by atoms with van der Waals surface area (Å²) in [7, 11) is 0. The van der Waals surface area contributed by atoms with Crippen molar-refractivity contribution in [1.82, 2.24) is 9.13 Å². The summed E-state index contributed by atoms with van der Waals surface area (Å²) in [4.78, 5) is 0. The Balaban J connectivity index is 1.15. The maximum atomic E-state index is 11.0. The van der Waals surface area contributed by atoms with Gasteiger partial charge in [0, 0.05) is 32.7 Å². The van der Waals surface area contributed by atoms with Crippen molar-refractivity contribution in [3.05, 3.63) is 241 Å². The van der Waals surface area contributed by atoms with Gasteiger partial charge in [0.2, 0.25) is 0 Å². The summed E-state index contributed by atoms with van der Waals surface area (Å²) >= 11 is 0. The lowest BCUT2D eigenvalue weighted by atomic mass is 9.91. The number of nitriles is 4. The largest absolute Gasteiger partial charge is 0.308 e. The Morgan fingerprint density at radius 2 is 0.500 bits per heavy atom. The highest BCUT2D eigenvalue weighted by Gasteiger charge is 2.24. The molecule has 0 aliphatic heterocycles. The third kappa shape index (κ3) is 6.77. The normalized spacial score (nSPS) is 11.1. The van der Waals surface area contributed by atoms with Crippen molar-refractivity contribution in [3.8, 4) is 91.3 Å². The van der Waals surface area contributed by atoms with Gasteiger partial charge in [0.25, 0.3) is 0 Å². The first kappa shape index (κ1) is 41.2. The number of aromatic nitrogens is 2. The molecule has 6 nitrogen and oxygen atoms in total. The standard InChI is InChI=1S/C64H36N6/c65-37-49-29-51(39-67)59(69-61-31-45(41-13-5-1-6-14-41)21-25-53(61)54-26-22-46(32-62(54)69)42-15-7-2-8-16-42)35-57(49)58-36-60(52(40-68)30-50(58)38-66)70-63-33-47(43-17-9-3-10-18-43)23-27-55(63)56-28-24-48(34-64(56)70)44-19-11-4-12-20-44/h1-36H. The number of fused-ring (bicyclic) bond motifs is 6. The molecule has 0 saturated carbocycles. The van der Waals surface area contributed by atoms with E-state index in [1.54, 1.807) is 12.1 Å². The smallest absolute Gasteiger partial charge is 0.101 e. The summed E-state index contributed by atoms with van der Waals surface area (Å²) in [6, 6.07) is 83.0. The maximum absolute atomic E-state index is 11.0. The van der Waals surface area contributed by atoms with E-state index in [0.29, 0.717) is 33.6 Å². The summed E-state index contributed by atoms with van der Waals surface area (Å²) in [5.41, 5.74) is 14.8. The van der Waals surface area contributed by atoms with Crippen LogP contribution in [0.4, 0.5) is 0 Å². The summed E-state index contributed by atoms with van der Waals surface area (Å²) in [6.45, 7) is 0. The van der Waals surface area contributed by atoms with Crippen molar-refractivity contribution in [1.29, 1.82) is 21.0 Å². The molecular formula is C64H36N6. The fraction of sp³-hybridized carbons (Fsp3) is 0. The number of rotatable bonds is 7. The first-order chi connectivity index (χ1) is 34.5. The molecule has 0 aliphatic rings. The molecule has 10 aromatic carbocycles. The molecule has 0 aliphatic carbocycles. The SMILES string of the molecule is N#Cc1cc(C#N)c(-n2c3cc(-c4ccccc4)ccc3c3ccc(-c4ccccc4)cc32)cc1-c1cc(-n2c3cc(-c4ccccc4)ccc3c3ccc(-c4ccccc4)cc32)c(C#N)cc1C#N. The van der Waals surface area contributed by atoms with Crippen molar-refractivity contribution in [2.45, 2.75) is 0 Å². The molecule has 12 rings (SSSR count). The van der Waals surface area contributed by atoms with E-state index in [-0.39, 0.29) is 11.1 Å². The van der Waals surface area contributed by atoms with Crippen molar-refractivity contribution in [2.75, 3.05) is 0 Å². The van der Waals surface area contributed by atoms with E-state index in [0.717, 1.165) is 88.1 Å². The fourth-order valence-corrected chi connectivity index (χ4v) is 10.2. The molecule has 322 valence electrons. The molecule has 0 radical (unpaired) electrons. The van der Waals surface area contributed by atoms with Crippen LogP contribution < -0.4 is 0 Å². The summed E-state index contributed by atoms with van der Waals surface area (Å²) in [5.74, 6) is 0. The van der Waals surface area contributed by atoms with E-state index in [9.17, 15) is 21.0 Å². The lowest BCUT2D eigenvalue weighted by Gasteiger charge is -2.18. The zero-order valence-corrected chi connectivity index (χ0v) is 37.5. The number of hydrogen-bond donors (Lipinski definition) is 0. The van der Waals surface area contributed by atoms with Gasteiger partial charge in [-0.15, -0.1) is 0 Å². The Morgan fingerprint density at radius 3 is 0.743 bits per heavy atom. The average Bonchev–Trinajstić information content (AvgIpc) is 3.94. The van der Waals surface area contributed by atoms with Crippen molar-refractivity contribution in [2.24, 2.45) is 0 Å². The molecule has 0 atom stereocenters. The lowest BCUT2D eigenvalue weighted by molar-refractivity contribution is 1.16. The molecule has 2 heterocycles. The van der Waals surface area contributed by atoms with E-state index < -0.39 is 0 Å². The average molecular weight is 889 g/mol. The van der Waals surface area contributed by atoms with Crippen molar-refractivity contribution in [3.63, 3.8) is 0 Å². The van der Waals surface area contributed by atoms with Crippen LogP contribution >= 0.6 is 0 Å². The van der Waals surface area contributed by atoms with Gasteiger partial charge in [-0.1, -0.05) is 170 Å². The van der Waals surface area contributed by atoms with Crippen LogP contribution in [-0.4, -0.2) is 9.13 Å². The third-order valence-corrected chi connectivity index (χ3v) is 13.5. The molecule has 0 bridgehead atoms. The van der Waals surface area contributed by atoms with Crippen LogP contribution in [0.1, 0.15) is 22.3 Å². The van der Waals surface area contributed by atoms with Gasteiger partial charge in [0.15, 0.2) is 0 Å². The highest BCUT2D eigenvalue weighted by Crippen LogP contribution is 2.43. The molecule has 0 unspecified atom stereocenters. The van der Waals surface area contributed by atoms with E-state index in [2.05, 4.69) is 155 Å². The Hall–Kier alpha value is -10.2. The predicted molar refractivity (Wildman–Crippen MR) is 281 cm³/mol. The monoisotopic (exact) mass is 888 g/mol. The quantitative estimate of drug-likeness (QED) is 0.159. The van der Waals surface area contributed by atoms with Gasteiger partial charge in [-0.2, -0.15) is 21.0 Å². The summed E-state index contributed by atoms with van der Waals surface area (Å²) in [5, 5.41) is 47.9. The van der Waals surface area contributed by atoms with Crippen molar-refractivity contribution < 1.29 is 0 Å². The minimum atomic E-state index is 0.225. The molecule has 70 heavy (non-hydrogen) atoms. The van der Waals surface area contributed by atoms with E-state index >= 15 is 0 Å². The van der Waals surface area contributed by atoms with Gasteiger partial charge >= 0.3 is 0 Å². The lowest BCUT2D eigenvalue weighted by Crippen LogP contribution is -2.03. The Kier molecular flexibility index (Phi) is 9.94. The van der Waals surface area contributed by atoms with E-state index in [1.165, 1.54) is 0 Å². The predicted octanol–water partition coefficient (Wildman–Crippen LogP) is 15.7. The van der Waals surface area contributed by atoms with Crippen molar-refractivity contribution >= 4 is 43.6 Å². The molecule has 0 fully saturated rings. The maximum Gasteiger partial charge on any atom is 0.101 e. The Labute approximate surface area is 403 Å². The number of benzene rings is 10. The summed E-state index contributed by atoms with van der Waals surface area (Å²) in [6.07, 6.45) is 0. The van der Waals surface area contributed by atoms with Crippen LogP contribution in [0, 0.1) is 45.3 Å². The highest BCUT2D eigenvalue weighted by atomic mass is 15.0. The van der Waals surface area contributed by atoms with Gasteiger partial charge < -0.3 is 9.13 Å². The second-order valence-corrected chi connectivity index (χ2v) is 17.3. The molecule has 0 N–H and O–H groups in total. The molecule has 6 heteroatoms. The van der Waals surface area contributed by atoms with Gasteiger partial charge in [-0.05, 0) is 93.0 Å². The fourth-order valence-electron chi connectivity index (χ4n) is 10.2. The molecule has 0 amide bonds. The zero-order chi connectivity index (χ0) is 47.3. The minimum absolute atomic E-state index is 0.225. The third-order valence-electron chi connectivity index (χ3n) is 13.5. The zero-order valence-electron chi connectivity index (χ0n) is 37.5. The topological polar surface area (TPSA) is 105 Å². The van der Waals surface area contributed by atoms with Gasteiger partial charge in [-0.3, -0.25) is 0 Å². The van der Waals surface area contributed by atoms with Crippen LogP contribution in [0.2, 0.25) is 0 Å². The first-order valence-electron chi connectivity index (χ1n) is 22.9. The van der Waals surface area contributed by atoms with Crippen LogP contribution in [0.25, 0.3) is 111 Å². The number of hydrogen-bond acceptors (Lipinski definition) is 4. The molecule has 0 saturated heterocycles.